The molecule has 1 atom stereocenters. The molecule has 6 nitrogen and oxygen atoms in total. The lowest BCUT2D eigenvalue weighted by molar-refractivity contribution is -0.138. The highest BCUT2D eigenvalue weighted by Crippen LogP contribution is 2.16. The third kappa shape index (κ3) is 4.47. The molecule has 1 saturated heterocycles. The van der Waals surface area contributed by atoms with Crippen molar-refractivity contribution in [1.29, 1.82) is 0 Å². The molecule has 132 valence electrons. The Balaban J connectivity index is 1.86. The number of benzene rings is 1. The maximum absolute atomic E-state index is 12.7. The van der Waals surface area contributed by atoms with Gasteiger partial charge in [0, 0.05) is 46.0 Å². The summed E-state index contributed by atoms with van der Waals surface area (Å²) in [7, 11) is 5.28. The first-order valence-corrected chi connectivity index (χ1v) is 8.39. The Bertz CT molecular complexity index is 553. The van der Waals surface area contributed by atoms with Crippen LogP contribution < -0.4 is 4.90 Å². The summed E-state index contributed by atoms with van der Waals surface area (Å²) < 4.78 is 0. The van der Waals surface area contributed by atoms with E-state index in [1.807, 2.05) is 42.0 Å². The normalized spacial score (nSPS) is 16.2. The van der Waals surface area contributed by atoms with Crippen molar-refractivity contribution in [3.05, 3.63) is 30.3 Å². The number of carbonyl (C=O) groups is 2. The number of likely N-dealkylation sites (N-methyl/N-ethyl adjacent to an activating group) is 2. The number of piperazine rings is 1. The Morgan fingerprint density at radius 1 is 1.04 bits per heavy atom. The molecule has 1 heterocycles. The van der Waals surface area contributed by atoms with Crippen molar-refractivity contribution in [2.24, 2.45) is 0 Å². The summed E-state index contributed by atoms with van der Waals surface area (Å²) in [4.78, 5) is 32.0. The molecule has 1 unspecified atom stereocenters. The molecule has 2 amide bonds. The third-order valence-corrected chi connectivity index (χ3v) is 4.61. The molecule has 1 fully saturated rings. The van der Waals surface area contributed by atoms with E-state index in [0.717, 1.165) is 13.1 Å². The molecular formula is C18H28N4O2. The fraction of sp³-hybridized carbons (Fsp3) is 0.556. The van der Waals surface area contributed by atoms with Gasteiger partial charge in [-0.2, -0.15) is 0 Å². The smallest absolute Gasteiger partial charge is 0.239 e. The van der Waals surface area contributed by atoms with Gasteiger partial charge in [-0.15, -0.1) is 0 Å². The van der Waals surface area contributed by atoms with Crippen LogP contribution in [0.4, 0.5) is 5.69 Å². The van der Waals surface area contributed by atoms with Gasteiger partial charge in [0.05, 0.1) is 12.6 Å². The highest BCUT2D eigenvalue weighted by molar-refractivity contribution is 5.83. The van der Waals surface area contributed by atoms with Crippen molar-refractivity contribution < 1.29 is 9.59 Å². The fourth-order valence-corrected chi connectivity index (χ4v) is 2.77. The second-order valence-corrected chi connectivity index (χ2v) is 6.53. The first-order chi connectivity index (χ1) is 11.4. The van der Waals surface area contributed by atoms with Crippen LogP contribution in [-0.2, 0) is 9.59 Å². The summed E-state index contributed by atoms with van der Waals surface area (Å²) in [6.45, 7) is 5.23. The van der Waals surface area contributed by atoms with E-state index in [-0.39, 0.29) is 24.4 Å². The topological polar surface area (TPSA) is 47.1 Å². The highest BCUT2D eigenvalue weighted by atomic mass is 16.2. The van der Waals surface area contributed by atoms with E-state index < -0.39 is 0 Å². The average molecular weight is 332 g/mol. The molecule has 0 saturated carbocycles. The van der Waals surface area contributed by atoms with Crippen molar-refractivity contribution in [2.75, 3.05) is 58.8 Å². The standard InChI is InChI=1S/C18H28N4O2/c1-15(20(4)14-17(23)19(2)3)18(24)22-12-10-21(11-13-22)16-8-6-5-7-9-16/h5-9,15H,10-14H2,1-4H3. The lowest BCUT2D eigenvalue weighted by Crippen LogP contribution is -2.54. The first kappa shape index (κ1) is 18.3. The molecule has 0 N–H and O–H groups in total. The van der Waals surface area contributed by atoms with Gasteiger partial charge in [0.2, 0.25) is 11.8 Å². The lowest BCUT2D eigenvalue weighted by Gasteiger charge is -2.38. The maximum atomic E-state index is 12.7. The molecule has 2 rings (SSSR count). The number of nitrogens with zero attached hydrogens (tertiary/aromatic N) is 4. The van der Waals surface area contributed by atoms with Crippen LogP contribution in [0.2, 0.25) is 0 Å². The summed E-state index contributed by atoms with van der Waals surface area (Å²) in [5.41, 5.74) is 1.20. The Morgan fingerprint density at radius 3 is 2.17 bits per heavy atom. The highest BCUT2D eigenvalue weighted by Gasteiger charge is 2.28. The number of carbonyl (C=O) groups excluding carboxylic acids is 2. The Morgan fingerprint density at radius 2 is 1.62 bits per heavy atom. The maximum Gasteiger partial charge on any atom is 0.239 e. The third-order valence-electron chi connectivity index (χ3n) is 4.61. The van der Waals surface area contributed by atoms with Gasteiger partial charge in [-0.05, 0) is 26.1 Å². The molecule has 0 spiro atoms. The quantitative estimate of drug-likeness (QED) is 0.798. The second-order valence-electron chi connectivity index (χ2n) is 6.53. The van der Waals surface area contributed by atoms with E-state index in [1.54, 1.807) is 19.0 Å². The molecule has 0 bridgehead atoms. The minimum Gasteiger partial charge on any atom is -0.368 e. The molecule has 24 heavy (non-hydrogen) atoms. The van der Waals surface area contributed by atoms with Gasteiger partial charge in [-0.3, -0.25) is 14.5 Å². The van der Waals surface area contributed by atoms with Crippen molar-refractivity contribution in [2.45, 2.75) is 13.0 Å². The number of anilines is 1. The summed E-state index contributed by atoms with van der Waals surface area (Å²) in [6, 6.07) is 9.98. The monoisotopic (exact) mass is 332 g/mol. The van der Waals surface area contributed by atoms with Crippen LogP contribution in [0.3, 0.4) is 0 Å². The molecule has 0 aliphatic carbocycles. The van der Waals surface area contributed by atoms with Crippen LogP contribution in [0.1, 0.15) is 6.92 Å². The minimum absolute atomic E-state index is 0.00560. The lowest BCUT2D eigenvalue weighted by atomic mass is 10.2. The molecule has 0 aromatic heterocycles. The summed E-state index contributed by atoms with van der Waals surface area (Å²) in [5.74, 6) is 0.0998. The van der Waals surface area contributed by atoms with Crippen molar-refractivity contribution >= 4 is 17.5 Å². The van der Waals surface area contributed by atoms with Crippen LogP contribution >= 0.6 is 0 Å². The van der Waals surface area contributed by atoms with Crippen LogP contribution in [-0.4, -0.2) is 86.4 Å². The van der Waals surface area contributed by atoms with Crippen LogP contribution in [0.25, 0.3) is 0 Å². The Kier molecular flexibility index (Phi) is 6.20. The van der Waals surface area contributed by atoms with Gasteiger partial charge in [0.25, 0.3) is 0 Å². The number of hydrogen-bond donors (Lipinski definition) is 0. The number of hydrogen-bond acceptors (Lipinski definition) is 4. The van der Waals surface area contributed by atoms with Crippen molar-refractivity contribution in [3.63, 3.8) is 0 Å². The molecule has 1 aliphatic rings. The van der Waals surface area contributed by atoms with Crippen molar-refractivity contribution in [3.8, 4) is 0 Å². The molecule has 6 heteroatoms. The van der Waals surface area contributed by atoms with E-state index >= 15 is 0 Å². The summed E-state index contributed by atoms with van der Waals surface area (Å²) >= 11 is 0. The molecule has 0 radical (unpaired) electrons. The van der Waals surface area contributed by atoms with E-state index in [2.05, 4.69) is 17.0 Å². The summed E-state index contributed by atoms with van der Waals surface area (Å²) in [5, 5.41) is 0. The van der Waals surface area contributed by atoms with Gasteiger partial charge in [0.1, 0.15) is 0 Å². The molecule has 1 aromatic rings. The van der Waals surface area contributed by atoms with Gasteiger partial charge < -0.3 is 14.7 Å². The average Bonchev–Trinajstić information content (AvgIpc) is 2.61. The first-order valence-electron chi connectivity index (χ1n) is 8.39. The number of rotatable bonds is 5. The predicted octanol–water partition coefficient (Wildman–Crippen LogP) is 0.744. The van der Waals surface area contributed by atoms with Gasteiger partial charge in [-0.25, -0.2) is 0 Å². The Labute approximate surface area is 144 Å². The molecule has 1 aliphatic heterocycles. The number of amides is 2. The second kappa shape index (κ2) is 8.15. The zero-order chi connectivity index (χ0) is 17.7. The van der Waals surface area contributed by atoms with Crippen molar-refractivity contribution in [1.82, 2.24) is 14.7 Å². The SMILES string of the molecule is CC(C(=O)N1CCN(c2ccccc2)CC1)N(C)CC(=O)N(C)C. The van der Waals surface area contributed by atoms with Crippen LogP contribution in [0.5, 0.6) is 0 Å². The van der Waals surface area contributed by atoms with E-state index in [0.29, 0.717) is 13.1 Å². The molecule has 1 aromatic carbocycles. The van der Waals surface area contributed by atoms with E-state index in [4.69, 9.17) is 0 Å². The zero-order valence-corrected chi connectivity index (χ0v) is 15.1. The number of para-hydroxylation sites is 1. The predicted molar refractivity (Wildman–Crippen MR) is 96.0 cm³/mol. The van der Waals surface area contributed by atoms with E-state index in [9.17, 15) is 9.59 Å². The van der Waals surface area contributed by atoms with E-state index in [1.165, 1.54) is 5.69 Å². The fourth-order valence-electron chi connectivity index (χ4n) is 2.77. The largest absolute Gasteiger partial charge is 0.368 e. The van der Waals surface area contributed by atoms with Crippen LogP contribution in [0, 0.1) is 0 Å². The zero-order valence-electron chi connectivity index (χ0n) is 15.1. The molecular weight excluding hydrogens is 304 g/mol. The Hall–Kier alpha value is -2.08. The minimum atomic E-state index is -0.294. The van der Waals surface area contributed by atoms with Gasteiger partial charge >= 0.3 is 0 Å². The van der Waals surface area contributed by atoms with Gasteiger partial charge in [0.15, 0.2) is 0 Å². The summed E-state index contributed by atoms with van der Waals surface area (Å²) in [6.07, 6.45) is 0. The van der Waals surface area contributed by atoms with Gasteiger partial charge in [-0.1, -0.05) is 18.2 Å². The van der Waals surface area contributed by atoms with Crippen LogP contribution in [0.15, 0.2) is 30.3 Å².